The summed E-state index contributed by atoms with van der Waals surface area (Å²) in [4.78, 5) is 31.1. The maximum absolute atomic E-state index is 14.8. The van der Waals surface area contributed by atoms with Gasteiger partial charge in [0.05, 0.1) is 24.8 Å². The largest absolute Gasteiger partial charge is 0.490 e. The first-order valence-corrected chi connectivity index (χ1v) is 19.4. The summed E-state index contributed by atoms with van der Waals surface area (Å²) in [6, 6.07) is 10.8. The van der Waals surface area contributed by atoms with Crippen molar-refractivity contribution in [3.8, 4) is 5.75 Å². The van der Waals surface area contributed by atoms with Crippen molar-refractivity contribution < 1.29 is 37.0 Å². The monoisotopic (exact) mass is 729 g/mol. The number of benzene rings is 2. The van der Waals surface area contributed by atoms with Gasteiger partial charge in [0.2, 0.25) is 10.9 Å². The Morgan fingerprint density at radius 2 is 1.96 bits per heavy atom. The lowest BCUT2D eigenvalue weighted by Crippen LogP contribution is -2.51. The van der Waals surface area contributed by atoms with Crippen molar-refractivity contribution >= 4 is 39.1 Å². The molecule has 5 atom stereocenters. The maximum Gasteiger partial charge on any atom is 0.270 e. The van der Waals surface area contributed by atoms with Gasteiger partial charge in [0, 0.05) is 57.1 Å². The number of carbonyl (C=O) groups excluding carboxylic acids is 2. The first kappa shape index (κ1) is 35.2. The summed E-state index contributed by atoms with van der Waals surface area (Å²) in [5.74, 6) is -0.874. The van der Waals surface area contributed by atoms with Crippen LogP contribution in [0.1, 0.15) is 68.1 Å². The number of aryl methyl sites for hydroxylation is 1. The predicted octanol–water partition coefficient (Wildman–Crippen LogP) is 4.76. The smallest absolute Gasteiger partial charge is 0.270 e. The van der Waals surface area contributed by atoms with E-state index in [0.29, 0.717) is 49.1 Å². The fourth-order valence-corrected chi connectivity index (χ4v) is 9.69. The molecule has 2 heterocycles. The number of ether oxygens (including phenoxy) is 2. The van der Waals surface area contributed by atoms with E-state index in [4.69, 9.17) is 21.1 Å². The second kappa shape index (κ2) is 13.1. The molecule has 2 aromatic carbocycles. The average Bonchev–Trinajstić information content (AvgIpc) is 3.86. The molecule has 2 bridgehead atoms. The number of nitrogens with one attached hydrogen (secondary N) is 1. The zero-order valence-electron chi connectivity index (χ0n) is 28.5. The van der Waals surface area contributed by atoms with Gasteiger partial charge in [-0.1, -0.05) is 35.9 Å². The van der Waals surface area contributed by atoms with Gasteiger partial charge in [-0.25, -0.2) is 17.5 Å². The summed E-state index contributed by atoms with van der Waals surface area (Å²) < 4.78 is 54.9. The molecule has 1 spiro atoms. The highest BCUT2D eigenvalue weighted by Crippen LogP contribution is 2.48. The van der Waals surface area contributed by atoms with Crippen molar-refractivity contribution in [2.45, 2.75) is 79.9 Å². The van der Waals surface area contributed by atoms with Crippen LogP contribution in [0.25, 0.3) is 0 Å². The SMILES string of the molecule is CO[C@H]1/C=C/CCN(C)C(=O)C[C@](O)(C(=O)NS(=O)(=O)C2(F)CC2)c2ccc3c(c2)N(C[C@@H]2CC[C@H]21)C[C@@]1(CCCc2cc(Cl)ccc21)CO3. The molecule has 0 saturated heterocycles. The Morgan fingerprint density at radius 1 is 1.16 bits per heavy atom. The number of sulfonamides is 1. The van der Waals surface area contributed by atoms with Gasteiger partial charge < -0.3 is 24.4 Å². The summed E-state index contributed by atoms with van der Waals surface area (Å²) in [5.41, 5.74) is 0.0126. The fraction of sp³-hybridized carbons (Fsp3) is 0.568. The van der Waals surface area contributed by atoms with Crippen LogP contribution in [0, 0.1) is 11.8 Å². The van der Waals surface area contributed by atoms with Crippen molar-refractivity contribution in [1.29, 1.82) is 0 Å². The van der Waals surface area contributed by atoms with Crippen LogP contribution < -0.4 is 14.4 Å². The van der Waals surface area contributed by atoms with Crippen LogP contribution in [0.5, 0.6) is 5.75 Å². The topological polar surface area (TPSA) is 125 Å². The molecule has 10 nitrogen and oxygen atoms in total. The van der Waals surface area contributed by atoms with Crippen LogP contribution in [-0.2, 0) is 41.8 Å². The summed E-state index contributed by atoms with van der Waals surface area (Å²) in [6.45, 7) is 1.92. The second-order valence-corrected chi connectivity index (χ2v) is 17.3. The normalized spacial score (nSPS) is 31.4. The number of methoxy groups -OCH3 is 1. The second-order valence-electron chi connectivity index (χ2n) is 14.9. The lowest BCUT2D eigenvalue weighted by molar-refractivity contribution is -0.148. The third-order valence-corrected chi connectivity index (χ3v) is 13.7. The molecule has 0 aromatic heterocycles. The van der Waals surface area contributed by atoms with Gasteiger partial charge in [0.25, 0.3) is 15.9 Å². The van der Waals surface area contributed by atoms with Crippen LogP contribution in [-0.4, -0.2) is 81.7 Å². The Bertz CT molecular complexity index is 1820. The Balaban J connectivity index is 1.34. The zero-order chi connectivity index (χ0) is 35.5. The number of anilines is 1. The van der Waals surface area contributed by atoms with Crippen molar-refractivity contribution in [2.75, 3.05) is 45.3 Å². The van der Waals surface area contributed by atoms with Gasteiger partial charge in [-0.05, 0) is 91.3 Å². The molecule has 3 aliphatic carbocycles. The van der Waals surface area contributed by atoms with E-state index in [1.54, 1.807) is 31.0 Å². The van der Waals surface area contributed by atoms with Crippen LogP contribution >= 0.6 is 11.6 Å². The van der Waals surface area contributed by atoms with Crippen LogP contribution in [0.15, 0.2) is 48.6 Å². The molecule has 2 fully saturated rings. The highest BCUT2D eigenvalue weighted by molar-refractivity contribution is 7.91. The van der Waals surface area contributed by atoms with Gasteiger partial charge >= 0.3 is 0 Å². The van der Waals surface area contributed by atoms with Gasteiger partial charge in [0.1, 0.15) is 5.75 Å². The molecule has 0 radical (unpaired) electrons. The van der Waals surface area contributed by atoms with Crippen molar-refractivity contribution in [1.82, 2.24) is 9.62 Å². The van der Waals surface area contributed by atoms with E-state index >= 15 is 0 Å². The molecule has 2 amide bonds. The summed E-state index contributed by atoms with van der Waals surface area (Å²) in [6.07, 6.45) is 7.95. The third-order valence-electron chi connectivity index (χ3n) is 11.7. The molecule has 2 aromatic rings. The first-order valence-electron chi connectivity index (χ1n) is 17.5. The maximum atomic E-state index is 14.8. The average molecular weight is 730 g/mol. The van der Waals surface area contributed by atoms with E-state index in [0.717, 1.165) is 32.1 Å². The molecule has 50 heavy (non-hydrogen) atoms. The molecular formula is C37H45ClFN3O7S. The highest BCUT2D eigenvalue weighted by Gasteiger charge is 2.58. The van der Waals surface area contributed by atoms with Gasteiger partial charge in [-0.2, -0.15) is 0 Å². The number of alkyl halides is 1. The molecule has 7 rings (SSSR count). The minimum absolute atomic E-state index is 0.0155. The molecule has 2 saturated carbocycles. The van der Waals surface area contributed by atoms with E-state index in [1.807, 2.05) is 18.2 Å². The summed E-state index contributed by atoms with van der Waals surface area (Å²) in [7, 11) is -1.48. The minimum Gasteiger partial charge on any atom is -0.490 e. The van der Waals surface area contributed by atoms with Gasteiger partial charge in [-0.3, -0.25) is 9.59 Å². The van der Waals surface area contributed by atoms with Crippen molar-refractivity contribution in [3.05, 3.63) is 70.3 Å². The molecule has 13 heteroatoms. The molecular weight excluding hydrogens is 685 g/mol. The third kappa shape index (κ3) is 6.30. The standard InChI is InChI=1S/C37H45ClFN3O7S/c1-41-17-4-3-7-31(48-2)28-11-8-25(28)21-42-22-35(14-5-6-24-18-27(38)10-12-29(24)35)23-49-32-13-9-26(19-30(32)42)37(45,20-33(41)43)34(44)40-50(46,47)36(39)15-16-36/h3,7,9-10,12-13,18-19,25,28,31,45H,4-6,8,11,14-17,20-23H2,1-2H3,(H,40,44)/b7-3+/t25-,28+,31-,35-,37+/m0/s1. The van der Waals surface area contributed by atoms with Gasteiger partial charge in [-0.15, -0.1) is 0 Å². The highest BCUT2D eigenvalue weighted by atomic mass is 35.5. The minimum atomic E-state index is -4.77. The molecule has 2 aliphatic heterocycles. The lowest BCUT2D eigenvalue weighted by atomic mass is 9.68. The number of fused-ring (bicyclic) bond motifs is 4. The fourth-order valence-electron chi connectivity index (χ4n) is 8.26. The number of halogens is 2. The molecule has 5 aliphatic rings. The lowest BCUT2D eigenvalue weighted by Gasteiger charge is -2.46. The van der Waals surface area contributed by atoms with Crippen molar-refractivity contribution in [3.63, 3.8) is 0 Å². The number of carbonyl (C=O) groups is 2. The number of amides is 2. The Hall–Kier alpha value is -3.19. The van der Waals surface area contributed by atoms with Gasteiger partial charge in [0.15, 0.2) is 5.60 Å². The van der Waals surface area contributed by atoms with Crippen LogP contribution in [0.3, 0.4) is 0 Å². The van der Waals surface area contributed by atoms with E-state index in [9.17, 15) is 27.5 Å². The van der Waals surface area contributed by atoms with Crippen LogP contribution in [0.4, 0.5) is 10.1 Å². The van der Waals surface area contributed by atoms with Crippen LogP contribution in [0.2, 0.25) is 5.02 Å². The number of rotatable bonds is 4. The first-order chi connectivity index (χ1) is 23.8. The van der Waals surface area contributed by atoms with Crippen molar-refractivity contribution in [2.24, 2.45) is 11.8 Å². The van der Waals surface area contributed by atoms with E-state index < -0.39 is 38.9 Å². The summed E-state index contributed by atoms with van der Waals surface area (Å²) in [5, 5.41) is 10.3. The number of hydrogen-bond acceptors (Lipinski definition) is 8. The Morgan fingerprint density at radius 3 is 2.68 bits per heavy atom. The zero-order valence-corrected chi connectivity index (χ0v) is 30.1. The number of nitrogens with zero attached hydrogens (tertiary/aromatic N) is 2. The Kier molecular flexibility index (Phi) is 9.23. The van der Waals surface area contributed by atoms with E-state index in [1.165, 1.54) is 22.1 Å². The quantitative estimate of drug-likeness (QED) is 0.432. The Labute approximate surface area is 298 Å². The predicted molar refractivity (Wildman–Crippen MR) is 187 cm³/mol. The van der Waals surface area contributed by atoms with E-state index in [2.05, 4.69) is 17.0 Å². The van der Waals surface area contributed by atoms with E-state index in [-0.39, 0.29) is 41.8 Å². The molecule has 2 N–H and O–H groups in total. The molecule has 270 valence electrons. The molecule has 0 unspecified atom stereocenters. The number of hydrogen-bond donors (Lipinski definition) is 2. The number of aliphatic hydroxyl groups is 1. The summed E-state index contributed by atoms with van der Waals surface area (Å²) >= 11 is 6.43.